The Morgan fingerprint density at radius 3 is 2.95 bits per heavy atom. The van der Waals surface area contributed by atoms with Crippen LogP contribution in [0.4, 0.5) is 11.5 Å². The number of halogens is 1. The maximum atomic E-state index is 12.1. The van der Waals surface area contributed by atoms with Crippen LogP contribution in [0, 0.1) is 10.1 Å². The van der Waals surface area contributed by atoms with Crippen LogP contribution in [-0.2, 0) is 6.42 Å². The van der Waals surface area contributed by atoms with Crippen molar-refractivity contribution in [1.82, 2.24) is 10.2 Å². The van der Waals surface area contributed by atoms with Crippen molar-refractivity contribution in [3.63, 3.8) is 0 Å². The molecule has 110 valence electrons. The van der Waals surface area contributed by atoms with E-state index < -0.39 is 10.8 Å². The minimum Gasteiger partial charge on any atom is -0.305 e. The number of aromatic nitrogens is 2. The number of hydrogen-bond donors (Lipinski definition) is 2. The molecule has 0 bridgehead atoms. The van der Waals surface area contributed by atoms with E-state index in [9.17, 15) is 14.9 Å². The fraction of sp³-hybridized carbons (Fsp3) is 0.231. The van der Waals surface area contributed by atoms with Crippen molar-refractivity contribution in [2.75, 3.05) is 5.32 Å². The van der Waals surface area contributed by atoms with Crippen molar-refractivity contribution in [2.45, 2.75) is 19.8 Å². The number of H-pyrrole nitrogens is 1. The van der Waals surface area contributed by atoms with Gasteiger partial charge in [0.2, 0.25) is 0 Å². The topological polar surface area (TPSA) is 101 Å². The molecule has 0 unspecified atom stereocenters. The molecule has 0 aliphatic heterocycles. The van der Waals surface area contributed by atoms with Crippen LogP contribution >= 0.6 is 11.6 Å². The molecule has 2 rings (SSSR count). The third-order valence-corrected chi connectivity index (χ3v) is 3.21. The first-order valence-corrected chi connectivity index (χ1v) is 6.69. The SMILES string of the molecule is CCCc1cc(NC(=O)c2cccc([N+](=O)[O-])c2Cl)n[nH]1. The van der Waals surface area contributed by atoms with Crippen LogP contribution in [0.3, 0.4) is 0 Å². The Bertz CT molecular complexity index is 684. The van der Waals surface area contributed by atoms with Gasteiger partial charge in [-0.15, -0.1) is 0 Å². The van der Waals surface area contributed by atoms with E-state index in [-0.39, 0.29) is 16.3 Å². The molecule has 1 heterocycles. The third-order valence-electron chi connectivity index (χ3n) is 2.81. The number of aryl methyl sites for hydroxylation is 1. The van der Waals surface area contributed by atoms with Crippen LogP contribution in [0.25, 0.3) is 0 Å². The lowest BCUT2D eigenvalue weighted by molar-refractivity contribution is -0.384. The number of carbonyl (C=O) groups is 1. The molecule has 0 aliphatic carbocycles. The zero-order valence-corrected chi connectivity index (χ0v) is 12.0. The van der Waals surface area contributed by atoms with Gasteiger partial charge in [-0.25, -0.2) is 0 Å². The summed E-state index contributed by atoms with van der Waals surface area (Å²) in [5, 5.41) is 19.9. The smallest absolute Gasteiger partial charge is 0.288 e. The molecule has 2 aromatic rings. The predicted octanol–water partition coefficient (Wildman–Crippen LogP) is 3.18. The summed E-state index contributed by atoms with van der Waals surface area (Å²) in [6.07, 6.45) is 1.77. The predicted molar refractivity (Wildman–Crippen MR) is 78.6 cm³/mol. The molecule has 1 aromatic heterocycles. The fourth-order valence-corrected chi connectivity index (χ4v) is 2.12. The molecule has 7 nitrogen and oxygen atoms in total. The molecule has 2 N–H and O–H groups in total. The summed E-state index contributed by atoms with van der Waals surface area (Å²) in [6.45, 7) is 2.03. The first kappa shape index (κ1) is 15.0. The summed E-state index contributed by atoms with van der Waals surface area (Å²) in [6, 6.07) is 5.79. The Morgan fingerprint density at radius 1 is 1.52 bits per heavy atom. The van der Waals surface area contributed by atoms with Crippen molar-refractivity contribution >= 4 is 29.0 Å². The molecule has 0 atom stereocenters. The highest BCUT2D eigenvalue weighted by molar-refractivity contribution is 6.36. The van der Waals surface area contributed by atoms with E-state index in [1.54, 1.807) is 6.07 Å². The van der Waals surface area contributed by atoms with Gasteiger partial charge < -0.3 is 5.32 Å². The second kappa shape index (κ2) is 6.36. The van der Waals surface area contributed by atoms with Gasteiger partial charge in [-0.05, 0) is 12.5 Å². The van der Waals surface area contributed by atoms with Crippen molar-refractivity contribution in [2.24, 2.45) is 0 Å². The zero-order valence-electron chi connectivity index (χ0n) is 11.2. The molecule has 0 fully saturated rings. The zero-order chi connectivity index (χ0) is 15.4. The summed E-state index contributed by atoms with van der Waals surface area (Å²) in [4.78, 5) is 22.3. The molecule has 0 radical (unpaired) electrons. The van der Waals surface area contributed by atoms with Crippen molar-refractivity contribution in [3.05, 3.63) is 50.7 Å². The van der Waals surface area contributed by atoms with E-state index in [0.29, 0.717) is 5.82 Å². The van der Waals surface area contributed by atoms with Gasteiger partial charge in [0, 0.05) is 17.8 Å². The van der Waals surface area contributed by atoms with Crippen LogP contribution in [0.15, 0.2) is 24.3 Å². The highest BCUT2D eigenvalue weighted by Crippen LogP contribution is 2.28. The van der Waals surface area contributed by atoms with E-state index in [2.05, 4.69) is 15.5 Å². The average Bonchev–Trinajstić information content (AvgIpc) is 2.86. The van der Waals surface area contributed by atoms with E-state index in [0.717, 1.165) is 18.5 Å². The Kier molecular flexibility index (Phi) is 4.54. The molecule has 21 heavy (non-hydrogen) atoms. The molecule has 1 aromatic carbocycles. The Morgan fingerprint density at radius 2 is 2.29 bits per heavy atom. The molecular weight excluding hydrogens is 296 g/mol. The van der Waals surface area contributed by atoms with Gasteiger partial charge in [0.05, 0.1) is 10.5 Å². The lowest BCUT2D eigenvalue weighted by atomic mass is 10.2. The van der Waals surface area contributed by atoms with Crippen LogP contribution in [-0.4, -0.2) is 21.0 Å². The summed E-state index contributed by atoms with van der Waals surface area (Å²) >= 11 is 5.89. The minimum atomic E-state index is -0.632. The number of anilines is 1. The Balaban J connectivity index is 2.20. The van der Waals surface area contributed by atoms with Gasteiger partial charge in [0.25, 0.3) is 11.6 Å². The number of nitrogens with one attached hydrogen (secondary N) is 2. The average molecular weight is 309 g/mol. The van der Waals surface area contributed by atoms with E-state index >= 15 is 0 Å². The van der Waals surface area contributed by atoms with Gasteiger partial charge in [-0.2, -0.15) is 5.10 Å². The molecule has 0 aliphatic rings. The maximum absolute atomic E-state index is 12.1. The molecular formula is C13H13ClN4O3. The van der Waals surface area contributed by atoms with Crippen LogP contribution in [0.1, 0.15) is 29.4 Å². The van der Waals surface area contributed by atoms with Gasteiger partial charge in [-0.3, -0.25) is 20.0 Å². The standard InChI is InChI=1S/C13H13ClN4O3/c1-2-4-8-7-11(17-16-8)15-13(19)9-5-3-6-10(12(9)14)18(20)21/h3,5-7H,2,4H2,1H3,(H2,15,16,17,19). The number of nitro benzene ring substituents is 1. The van der Waals surface area contributed by atoms with Crippen molar-refractivity contribution < 1.29 is 9.72 Å². The Hall–Kier alpha value is -2.41. The number of benzene rings is 1. The lowest BCUT2D eigenvalue weighted by Crippen LogP contribution is -2.13. The number of nitrogens with zero attached hydrogens (tertiary/aromatic N) is 2. The largest absolute Gasteiger partial charge is 0.305 e. The number of aromatic amines is 1. The highest BCUT2D eigenvalue weighted by atomic mass is 35.5. The first-order valence-electron chi connectivity index (χ1n) is 6.31. The maximum Gasteiger partial charge on any atom is 0.288 e. The van der Waals surface area contributed by atoms with E-state index in [1.807, 2.05) is 6.92 Å². The number of nitro groups is 1. The summed E-state index contributed by atoms with van der Waals surface area (Å²) in [7, 11) is 0. The van der Waals surface area contributed by atoms with Crippen LogP contribution in [0.2, 0.25) is 5.02 Å². The van der Waals surface area contributed by atoms with Gasteiger partial charge in [0.15, 0.2) is 5.82 Å². The molecule has 1 amide bonds. The summed E-state index contributed by atoms with van der Waals surface area (Å²) < 4.78 is 0. The van der Waals surface area contributed by atoms with Crippen LogP contribution < -0.4 is 5.32 Å². The third kappa shape index (κ3) is 3.38. The number of rotatable bonds is 5. The fourth-order valence-electron chi connectivity index (χ4n) is 1.84. The summed E-state index contributed by atoms with van der Waals surface area (Å²) in [5.41, 5.74) is 0.627. The number of hydrogen-bond acceptors (Lipinski definition) is 4. The van der Waals surface area contributed by atoms with Gasteiger partial charge in [-0.1, -0.05) is 31.0 Å². The molecule has 0 saturated carbocycles. The Labute approximate surface area is 125 Å². The van der Waals surface area contributed by atoms with Crippen LogP contribution in [0.5, 0.6) is 0 Å². The summed E-state index contributed by atoms with van der Waals surface area (Å²) in [5.74, 6) is -0.190. The van der Waals surface area contributed by atoms with Crippen molar-refractivity contribution in [1.29, 1.82) is 0 Å². The molecule has 0 spiro atoms. The van der Waals surface area contributed by atoms with Gasteiger partial charge in [0.1, 0.15) is 5.02 Å². The van der Waals surface area contributed by atoms with E-state index in [1.165, 1.54) is 18.2 Å². The van der Waals surface area contributed by atoms with Gasteiger partial charge >= 0.3 is 0 Å². The lowest BCUT2D eigenvalue weighted by Gasteiger charge is -2.04. The van der Waals surface area contributed by atoms with E-state index in [4.69, 9.17) is 11.6 Å². The highest BCUT2D eigenvalue weighted by Gasteiger charge is 2.20. The first-order chi connectivity index (χ1) is 10.0. The second-order valence-electron chi connectivity index (χ2n) is 4.38. The number of amides is 1. The quantitative estimate of drug-likeness (QED) is 0.654. The molecule has 0 saturated heterocycles. The second-order valence-corrected chi connectivity index (χ2v) is 4.76. The number of carbonyl (C=O) groups excluding carboxylic acids is 1. The monoisotopic (exact) mass is 308 g/mol. The van der Waals surface area contributed by atoms with Crippen molar-refractivity contribution in [3.8, 4) is 0 Å². The minimum absolute atomic E-state index is 0.0332. The normalized spacial score (nSPS) is 10.4. The molecule has 8 heteroatoms.